The fraction of sp³-hybridized carbons (Fsp3) is 0.500. The summed E-state index contributed by atoms with van der Waals surface area (Å²) in [5.74, 6) is 0.149. The van der Waals surface area contributed by atoms with Crippen LogP contribution in [-0.4, -0.2) is 25.5 Å². The van der Waals surface area contributed by atoms with Crippen molar-refractivity contribution in [2.45, 2.75) is 26.8 Å². The van der Waals surface area contributed by atoms with Crippen LogP contribution in [0.25, 0.3) is 0 Å². The van der Waals surface area contributed by atoms with E-state index in [1.807, 2.05) is 24.3 Å². The highest BCUT2D eigenvalue weighted by Gasteiger charge is 2.14. The van der Waals surface area contributed by atoms with E-state index < -0.39 is 10.0 Å². The molecule has 3 nitrogen and oxygen atoms in total. The Bertz CT molecular complexity index is 423. The van der Waals surface area contributed by atoms with Crippen LogP contribution in [0.2, 0.25) is 0 Å². The molecule has 0 aliphatic heterocycles. The lowest BCUT2D eigenvalue weighted by atomic mass is 10.1. The van der Waals surface area contributed by atoms with Gasteiger partial charge in [-0.05, 0) is 24.5 Å². The molecule has 90 valence electrons. The molecule has 0 atom stereocenters. The minimum absolute atomic E-state index is 0.149. The van der Waals surface area contributed by atoms with Gasteiger partial charge in [0.25, 0.3) is 0 Å². The third kappa shape index (κ3) is 3.32. The normalized spacial score (nSPS) is 12.0. The second-order valence-corrected chi connectivity index (χ2v) is 6.19. The van der Waals surface area contributed by atoms with Crippen molar-refractivity contribution in [1.29, 1.82) is 0 Å². The zero-order valence-electron chi connectivity index (χ0n) is 10.1. The van der Waals surface area contributed by atoms with E-state index in [9.17, 15) is 8.42 Å². The van der Waals surface area contributed by atoms with Crippen molar-refractivity contribution < 1.29 is 8.42 Å². The number of aryl methyl sites for hydroxylation is 1. The summed E-state index contributed by atoms with van der Waals surface area (Å²) < 4.78 is 24.5. The van der Waals surface area contributed by atoms with Crippen molar-refractivity contribution in [2.75, 3.05) is 12.8 Å². The lowest BCUT2D eigenvalue weighted by Gasteiger charge is -2.16. The van der Waals surface area contributed by atoms with Gasteiger partial charge >= 0.3 is 0 Å². The van der Waals surface area contributed by atoms with E-state index in [-0.39, 0.29) is 5.75 Å². The average Bonchev–Trinajstić information content (AvgIpc) is 2.30. The SMILES string of the molecule is CCc1ccc(CN(C)S(=O)(=O)CC)cc1. The quantitative estimate of drug-likeness (QED) is 0.791. The molecule has 0 aliphatic rings. The molecule has 0 saturated heterocycles. The van der Waals surface area contributed by atoms with Gasteiger partial charge in [-0.25, -0.2) is 12.7 Å². The second-order valence-electron chi connectivity index (χ2n) is 3.83. The first-order chi connectivity index (χ1) is 7.49. The molecule has 0 aromatic heterocycles. The highest BCUT2D eigenvalue weighted by Crippen LogP contribution is 2.09. The van der Waals surface area contributed by atoms with Crippen molar-refractivity contribution in [2.24, 2.45) is 0 Å². The van der Waals surface area contributed by atoms with E-state index in [0.29, 0.717) is 6.54 Å². The molecule has 1 aromatic rings. The van der Waals surface area contributed by atoms with Crippen LogP contribution >= 0.6 is 0 Å². The van der Waals surface area contributed by atoms with Gasteiger partial charge in [0.15, 0.2) is 0 Å². The molecule has 4 heteroatoms. The maximum Gasteiger partial charge on any atom is 0.213 e. The van der Waals surface area contributed by atoms with E-state index in [0.717, 1.165) is 12.0 Å². The Labute approximate surface area is 98.1 Å². The Hall–Kier alpha value is -0.870. The Morgan fingerprint density at radius 1 is 1.06 bits per heavy atom. The summed E-state index contributed by atoms with van der Waals surface area (Å²) in [7, 11) is -1.46. The zero-order chi connectivity index (χ0) is 12.2. The Morgan fingerprint density at radius 3 is 2.00 bits per heavy atom. The van der Waals surface area contributed by atoms with Crippen LogP contribution in [0.5, 0.6) is 0 Å². The maximum absolute atomic E-state index is 11.6. The molecule has 1 aromatic carbocycles. The van der Waals surface area contributed by atoms with Crippen molar-refractivity contribution in [1.82, 2.24) is 4.31 Å². The minimum Gasteiger partial charge on any atom is -0.212 e. The Balaban J connectivity index is 2.74. The average molecular weight is 241 g/mol. The summed E-state index contributed by atoms with van der Waals surface area (Å²) in [6.07, 6.45) is 1.00. The van der Waals surface area contributed by atoms with Crippen LogP contribution < -0.4 is 0 Å². The minimum atomic E-state index is -3.08. The molecule has 16 heavy (non-hydrogen) atoms. The van der Waals surface area contributed by atoms with Gasteiger partial charge in [-0.1, -0.05) is 31.2 Å². The third-order valence-corrected chi connectivity index (χ3v) is 4.48. The third-order valence-electron chi connectivity index (χ3n) is 2.68. The topological polar surface area (TPSA) is 37.4 Å². The van der Waals surface area contributed by atoms with Crippen molar-refractivity contribution in [3.8, 4) is 0 Å². The number of sulfonamides is 1. The summed E-state index contributed by atoms with van der Waals surface area (Å²) >= 11 is 0. The van der Waals surface area contributed by atoms with Crippen LogP contribution in [0, 0.1) is 0 Å². The van der Waals surface area contributed by atoms with Crippen LogP contribution in [0.4, 0.5) is 0 Å². The van der Waals surface area contributed by atoms with Crippen LogP contribution in [0.15, 0.2) is 24.3 Å². The molecule has 0 N–H and O–H groups in total. The van der Waals surface area contributed by atoms with Crippen LogP contribution in [-0.2, 0) is 23.0 Å². The summed E-state index contributed by atoms with van der Waals surface area (Å²) in [5.41, 5.74) is 2.29. The smallest absolute Gasteiger partial charge is 0.212 e. The molecule has 0 fully saturated rings. The van der Waals surface area contributed by atoms with Gasteiger partial charge in [-0.3, -0.25) is 0 Å². The molecule has 0 bridgehead atoms. The largest absolute Gasteiger partial charge is 0.213 e. The van der Waals surface area contributed by atoms with Crippen molar-refractivity contribution in [3.05, 3.63) is 35.4 Å². The van der Waals surface area contributed by atoms with Crippen molar-refractivity contribution in [3.63, 3.8) is 0 Å². The van der Waals surface area contributed by atoms with Gasteiger partial charge in [0.05, 0.1) is 5.75 Å². The number of nitrogens with zero attached hydrogens (tertiary/aromatic N) is 1. The summed E-state index contributed by atoms with van der Waals surface area (Å²) in [4.78, 5) is 0. The van der Waals surface area contributed by atoms with E-state index in [4.69, 9.17) is 0 Å². The summed E-state index contributed by atoms with van der Waals surface area (Å²) in [6, 6.07) is 8.06. The Kier molecular flexibility index (Phi) is 4.50. The van der Waals surface area contributed by atoms with Gasteiger partial charge in [0.1, 0.15) is 0 Å². The molecular formula is C12H19NO2S. The van der Waals surface area contributed by atoms with E-state index in [1.165, 1.54) is 9.87 Å². The van der Waals surface area contributed by atoms with E-state index in [1.54, 1.807) is 14.0 Å². The molecule has 0 spiro atoms. The zero-order valence-corrected chi connectivity index (χ0v) is 10.9. The van der Waals surface area contributed by atoms with Gasteiger partial charge in [-0.2, -0.15) is 0 Å². The number of hydrogen-bond donors (Lipinski definition) is 0. The number of rotatable bonds is 5. The summed E-state index contributed by atoms with van der Waals surface area (Å²) in [6.45, 7) is 4.20. The molecule has 0 amide bonds. The molecule has 0 radical (unpaired) electrons. The first kappa shape index (κ1) is 13.2. The first-order valence-electron chi connectivity index (χ1n) is 5.51. The molecule has 0 heterocycles. The number of benzene rings is 1. The lowest BCUT2D eigenvalue weighted by molar-refractivity contribution is 0.468. The number of hydrogen-bond acceptors (Lipinski definition) is 2. The predicted octanol–water partition coefficient (Wildman–Crippen LogP) is 2.03. The Morgan fingerprint density at radius 2 is 1.56 bits per heavy atom. The van der Waals surface area contributed by atoms with Gasteiger partial charge in [0.2, 0.25) is 10.0 Å². The molecule has 0 saturated carbocycles. The van der Waals surface area contributed by atoms with Gasteiger partial charge < -0.3 is 0 Å². The predicted molar refractivity (Wildman–Crippen MR) is 66.7 cm³/mol. The second kappa shape index (κ2) is 5.46. The molecule has 0 unspecified atom stereocenters. The fourth-order valence-electron chi connectivity index (χ4n) is 1.46. The molecule has 1 rings (SSSR count). The van der Waals surface area contributed by atoms with E-state index >= 15 is 0 Å². The molecule has 0 aliphatic carbocycles. The first-order valence-corrected chi connectivity index (χ1v) is 7.12. The van der Waals surface area contributed by atoms with Gasteiger partial charge in [-0.15, -0.1) is 0 Å². The standard InChI is InChI=1S/C12H19NO2S/c1-4-11-6-8-12(9-7-11)10-13(3)16(14,15)5-2/h6-9H,4-5,10H2,1-3H3. The molecular weight excluding hydrogens is 222 g/mol. The van der Waals surface area contributed by atoms with Crippen LogP contribution in [0.1, 0.15) is 25.0 Å². The van der Waals surface area contributed by atoms with Crippen molar-refractivity contribution >= 4 is 10.0 Å². The highest BCUT2D eigenvalue weighted by molar-refractivity contribution is 7.89. The maximum atomic E-state index is 11.6. The highest BCUT2D eigenvalue weighted by atomic mass is 32.2. The fourth-order valence-corrected chi connectivity index (χ4v) is 2.24. The summed E-state index contributed by atoms with van der Waals surface area (Å²) in [5, 5.41) is 0. The van der Waals surface area contributed by atoms with Gasteiger partial charge in [0, 0.05) is 13.6 Å². The van der Waals surface area contributed by atoms with E-state index in [2.05, 4.69) is 6.92 Å². The monoisotopic (exact) mass is 241 g/mol. The lowest BCUT2D eigenvalue weighted by Crippen LogP contribution is -2.27. The van der Waals surface area contributed by atoms with Crippen LogP contribution in [0.3, 0.4) is 0 Å².